The highest BCUT2D eigenvalue weighted by Gasteiger charge is 2.22. The van der Waals surface area contributed by atoms with Crippen LogP contribution in [0, 0.1) is 13.8 Å². The predicted octanol–water partition coefficient (Wildman–Crippen LogP) is 3.36. The van der Waals surface area contributed by atoms with Gasteiger partial charge in [0.1, 0.15) is 11.5 Å². The number of sulfonamides is 1. The summed E-state index contributed by atoms with van der Waals surface area (Å²) in [5.41, 5.74) is 2.45. The minimum atomic E-state index is -3.65. The summed E-state index contributed by atoms with van der Waals surface area (Å²) >= 11 is 0. The average molecular weight is 349 g/mol. The number of aryl methyl sites for hydroxylation is 2. The summed E-state index contributed by atoms with van der Waals surface area (Å²) in [4.78, 5) is 0.279. The van der Waals surface area contributed by atoms with Crippen LogP contribution in [0.5, 0.6) is 11.5 Å². The van der Waals surface area contributed by atoms with Crippen LogP contribution in [0.2, 0.25) is 0 Å². The van der Waals surface area contributed by atoms with Crippen LogP contribution < -0.4 is 14.2 Å². The summed E-state index contributed by atoms with van der Waals surface area (Å²) in [5.74, 6) is 1.25. The standard InChI is InChI=1S/C18H23NO4S/c1-12-6-9-18(13(2)10-12)24(20,21)19-14(3)16-11-15(22-4)7-8-17(16)23-5/h6-11,14,19H,1-5H3/t14-/m1/s1. The Morgan fingerprint density at radius 3 is 2.29 bits per heavy atom. The molecule has 0 spiro atoms. The molecule has 0 unspecified atom stereocenters. The van der Waals surface area contributed by atoms with Gasteiger partial charge in [0.2, 0.25) is 10.0 Å². The monoisotopic (exact) mass is 349 g/mol. The Labute approximate surface area is 143 Å². The second kappa shape index (κ2) is 7.23. The Morgan fingerprint density at radius 2 is 1.71 bits per heavy atom. The van der Waals surface area contributed by atoms with Crippen molar-refractivity contribution in [2.45, 2.75) is 31.7 Å². The van der Waals surface area contributed by atoms with E-state index in [4.69, 9.17) is 9.47 Å². The number of rotatable bonds is 6. The molecule has 5 nitrogen and oxygen atoms in total. The van der Waals surface area contributed by atoms with E-state index in [1.807, 2.05) is 13.0 Å². The van der Waals surface area contributed by atoms with E-state index in [2.05, 4.69) is 4.72 Å². The van der Waals surface area contributed by atoms with E-state index in [-0.39, 0.29) is 4.90 Å². The lowest BCUT2D eigenvalue weighted by atomic mass is 10.1. The van der Waals surface area contributed by atoms with Crippen molar-refractivity contribution >= 4 is 10.0 Å². The molecule has 1 atom stereocenters. The first kappa shape index (κ1) is 18.3. The van der Waals surface area contributed by atoms with Crippen LogP contribution in [-0.2, 0) is 10.0 Å². The average Bonchev–Trinajstić information content (AvgIpc) is 2.53. The predicted molar refractivity (Wildman–Crippen MR) is 94.2 cm³/mol. The van der Waals surface area contributed by atoms with Crippen molar-refractivity contribution in [2.24, 2.45) is 0 Å². The number of methoxy groups -OCH3 is 2. The molecule has 1 N–H and O–H groups in total. The van der Waals surface area contributed by atoms with E-state index in [0.29, 0.717) is 22.6 Å². The molecule has 130 valence electrons. The highest BCUT2D eigenvalue weighted by Crippen LogP contribution is 2.30. The molecule has 0 fully saturated rings. The first-order chi connectivity index (χ1) is 11.3. The molecule has 6 heteroatoms. The summed E-state index contributed by atoms with van der Waals surface area (Å²) in [6.07, 6.45) is 0. The normalized spacial score (nSPS) is 12.7. The van der Waals surface area contributed by atoms with E-state index in [0.717, 1.165) is 5.56 Å². The Morgan fingerprint density at radius 1 is 1.00 bits per heavy atom. The molecular weight excluding hydrogens is 326 g/mol. The maximum atomic E-state index is 12.7. The van der Waals surface area contributed by atoms with E-state index >= 15 is 0 Å². The zero-order chi connectivity index (χ0) is 17.9. The van der Waals surface area contributed by atoms with Gasteiger partial charge in [-0.15, -0.1) is 0 Å². The van der Waals surface area contributed by atoms with Gasteiger partial charge >= 0.3 is 0 Å². The number of hydrogen-bond donors (Lipinski definition) is 1. The van der Waals surface area contributed by atoms with Gasteiger partial charge in [0, 0.05) is 11.6 Å². The van der Waals surface area contributed by atoms with Crippen molar-refractivity contribution in [2.75, 3.05) is 14.2 Å². The third kappa shape index (κ3) is 3.88. The molecule has 0 aromatic heterocycles. The third-order valence-electron chi connectivity index (χ3n) is 3.86. The van der Waals surface area contributed by atoms with Gasteiger partial charge in [-0.05, 0) is 50.6 Å². The molecule has 0 aliphatic carbocycles. The van der Waals surface area contributed by atoms with Crippen LogP contribution in [0.3, 0.4) is 0 Å². The summed E-state index contributed by atoms with van der Waals surface area (Å²) in [6, 6.07) is 10.1. The number of benzene rings is 2. The van der Waals surface area contributed by atoms with Crippen LogP contribution in [0.4, 0.5) is 0 Å². The molecule has 0 saturated carbocycles. The highest BCUT2D eigenvalue weighted by molar-refractivity contribution is 7.89. The second-order valence-corrected chi connectivity index (χ2v) is 7.40. The third-order valence-corrected chi connectivity index (χ3v) is 5.56. The molecule has 2 aromatic carbocycles. The van der Waals surface area contributed by atoms with Crippen molar-refractivity contribution in [3.05, 3.63) is 53.1 Å². The molecule has 0 saturated heterocycles. The molecule has 2 aromatic rings. The molecule has 0 aliphatic rings. The fourth-order valence-corrected chi connectivity index (χ4v) is 4.09. The van der Waals surface area contributed by atoms with E-state index in [1.165, 1.54) is 0 Å². The molecular formula is C18H23NO4S. The summed E-state index contributed by atoms with van der Waals surface area (Å²) in [7, 11) is -0.528. The quantitative estimate of drug-likeness (QED) is 0.868. The van der Waals surface area contributed by atoms with Gasteiger partial charge in [-0.3, -0.25) is 0 Å². The minimum Gasteiger partial charge on any atom is -0.497 e. The van der Waals surface area contributed by atoms with Gasteiger partial charge in [0.15, 0.2) is 0 Å². The highest BCUT2D eigenvalue weighted by atomic mass is 32.2. The topological polar surface area (TPSA) is 64.6 Å². The van der Waals surface area contributed by atoms with Gasteiger partial charge < -0.3 is 9.47 Å². The Kier molecular flexibility index (Phi) is 5.51. The Hall–Kier alpha value is -2.05. The summed E-state index contributed by atoms with van der Waals surface area (Å²) in [6.45, 7) is 5.50. The van der Waals surface area contributed by atoms with Gasteiger partial charge in [0.25, 0.3) is 0 Å². The number of hydrogen-bond acceptors (Lipinski definition) is 4. The van der Waals surface area contributed by atoms with Crippen molar-refractivity contribution < 1.29 is 17.9 Å². The lowest BCUT2D eigenvalue weighted by Gasteiger charge is -2.19. The van der Waals surface area contributed by atoms with Gasteiger partial charge in [-0.25, -0.2) is 13.1 Å². The van der Waals surface area contributed by atoms with Crippen LogP contribution >= 0.6 is 0 Å². The van der Waals surface area contributed by atoms with E-state index in [1.54, 1.807) is 58.4 Å². The summed E-state index contributed by atoms with van der Waals surface area (Å²) in [5, 5.41) is 0. The van der Waals surface area contributed by atoms with Gasteiger partial charge in [-0.2, -0.15) is 0 Å². The molecule has 0 radical (unpaired) electrons. The van der Waals surface area contributed by atoms with Crippen LogP contribution in [0.25, 0.3) is 0 Å². The largest absolute Gasteiger partial charge is 0.497 e. The van der Waals surface area contributed by atoms with E-state index < -0.39 is 16.1 Å². The van der Waals surface area contributed by atoms with Crippen LogP contribution in [0.1, 0.15) is 29.7 Å². The Bertz CT molecular complexity index is 831. The van der Waals surface area contributed by atoms with Crippen molar-refractivity contribution in [3.8, 4) is 11.5 Å². The van der Waals surface area contributed by atoms with Gasteiger partial charge in [0.05, 0.1) is 19.1 Å². The molecule has 0 bridgehead atoms. The fourth-order valence-electron chi connectivity index (χ4n) is 2.64. The Balaban J connectivity index is 2.36. The first-order valence-electron chi connectivity index (χ1n) is 7.60. The minimum absolute atomic E-state index is 0.279. The lowest BCUT2D eigenvalue weighted by Crippen LogP contribution is -2.27. The molecule has 0 heterocycles. The zero-order valence-electron chi connectivity index (χ0n) is 14.6. The smallest absolute Gasteiger partial charge is 0.241 e. The van der Waals surface area contributed by atoms with Gasteiger partial charge in [-0.1, -0.05) is 17.7 Å². The molecule has 0 amide bonds. The lowest BCUT2D eigenvalue weighted by molar-refractivity contribution is 0.395. The second-order valence-electron chi connectivity index (χ2n) is 5.72. The fraction of sp³-hybridized carbons (Fsp3) is 0.333. The van der Waals surface area contributed by atoms with Crippen molar-refractivity contribution in [3.63, 3.8) is 0 Å². The van der Waals surface area contributed by atoms with Crippen LogP contribution in [-0.4, -0.2) is 22.6 Å². The van der Waals surface area contributed by atoms with Crippen molar-refractivity contribution in [1.82, 2.24) is 4.72 Å². The van der Waals surface area contributed by atoms with E-state index in [9.17, 15) is 8.42 Å². The SMILES string of the molecule is COc1ccc(OC)c([C@@H](C)NS(=O)(=O)c2ccc(C)cc2C)c1. The van der Waals surface area contributed by atoms with Crippen molar-refractivity contribution in [1.29, 1.82) is 0 Å². The zero-order valence-corrected chi connectivity index (χ0v) is 15.4. The molecule has 2 rings (SSSR count). The number of ether oxygens (including phenoxy) is 2. The maximum absolute atomic E-state index is 12.7. The first-order valence-corrected chi connectivity index (χ1v) is 9.08. The summed E-state index contributed by atoms with van der Waals surface area (Å²) < 4.78 is 38.7. The molecule has 24 heavy (non-hydrogen) atoms. The number of nitrogens with one attached hydrogen (secondary N) is 1. The maximum Gasteiger partial charge on any atom is 0.241 e. The molecule has 0 aliphatic heterocycles. The van der Waals surface area contributed by atoms with Crippen LogP contribution in [0.15, 0.2) is 41.3 Å².